The molecule has 2 rings (SSSR count). The summed E-state index contributed by atoms with van der Waals surface area (Å²) in [4.78, 5) is 13.0. The Morgan fingerprint density at radius 3 is 2.59 bits per heavy atom. The van der Waals surface area contributed by atoms with Crippen LogP contribution in [0, 0.1) is 0 Å². The normalized spacial score (nSPS) is 15.0. The van der Waals surface area contributed by atoms with Crippen LogP contribution in [0.4, 0.5) is 0 Å². The molecule has 1 aromatic carbocycles. The van der Waals surface area contributed by atoms with E-state index in [4.69, 9.17) is 0 Å². The molecule has 1 heterocycles. The Bertz CT molecular complexity index is 578. The fourth-order valence-corrected chi connectivity index (χ4v) is 3.25. The van der Waals surface area contributed by atoms with Crippen LogP contribution in [-0.4, -0.2) is 17.6 Å². The van der Waals surface area contributed by atoms with E-state index in [0.717, 1.165) is 11.3 Å². The van der Waals surface area contributed by atoms with Gasteiger partial charge in [0.25, 0.3) is 0 Å². The number of nitrogens with one attached hydrogen (secondary N) is 1. The molecule has 0 aliphatic carbocycles. The number of benzene rings is 1. The van der Waals surface area contributed by atoms with E-state index in [2.05, 4.69) is 24.4 Å². The molecule has 118 valence electrons. The quantitative estimate of drug-likeness (QED) is 0.819. The number of carbonyl (C=O) groups excluding carboxylic acids is 1. The fraction of sp³-hybridized carbons (Fsp3) is 0.389. The van der Waals surface area contributed by atoms with Gasteiger partial charge < -0.3 is 10.4 Å². The van der Waals surface area contributed by atoms with Crippen molar-refractivity contribution in [1.29, 1.82) is 0 Å². The average Bonchev–Trinajstić information content (AvgIpc) is 3.07. The summed E-state index contributed by atoms with van der Waals surface area (Å²) < 4.78 is 0. The smallest absolute Gasteiger partial charge is 0.220 e. The lowest BCUT2D eigenvalue weighted by Gasteiger charge is -2.23. The zero-order valence-electron chi connectivity index (χ0n) is 13.1. The molecule has 0 spiro atoms. The summed E-state index contributed by atoms with van der Waals surface area (Å²) in [6.07, 6.45) is 1.36. The summed E-state index contributed by atoms with van der Waals surface area (Å²) in [7, 11) is 0. The largest absolute Gasteiger partial charge is 0.383 e. The molecule has 0 aliphatic heterocycles. The van der Waals surface area contributed by atoms with Gasteiger partial charge in [0.05, 0.1) is 6.54 Å². The minimum absolute atomic E-state index is 0.0208. The number of amides is 1. The maximum atomic E-state index is 12.2. The van der Waals surface area contributed by atoms with Crippen LogP contribution >= 0.6 is 11.3 Å². The van der Waals surface area contributed by atoms with Crippen LogP contribution in [-0.2, 0) is 10.4 Å². The summed E-state index contributed by atoms with van der Waals surface area (Å²) in [6.45, 7) is 4.05. The summed E-state index contributed by atoms with van der Waals surface area (Å²) in [5, 5.41) is 15.2. The third-order valence-electron chi connectivity index (χ3n) is 3.88. The maximum absolute atomic E-state index is 12.2. The van der Waals surface area contributed by atoms with Crippen molar-refractivity contribution in [2.45, 2.75) is 38.2 Å². The first-order valence-electron chi connectivity index (χ1n) is 7.61. The van der Waals surface area contributed by atoms with Gasteiger partial charge in [-0.1, -0.05) is 43.3 Å². The van der Waals surface area contributed by atoms with Crippen LogP contribution in [0.15, 0.2) is 47.8 Å². The van der Waals surface area contributed by atoms with E-state index in [1.807, 2.05) is 35.7 Å². The van der Waals surface area contributed by atoms with Gasteiger partial charge in [-0.15, -0.1) is 11.3 Å². The van der Waals surface area contributed by atoms with Crippen molar-refractivity contribution >= 4 is 17.2 Å². The SMILES string of the molecule is CCC(CC(=O)NCC(C)(O)c1cccs1)c1ccccc1. The molecule has 2 atom stereocenters. The van der Waals surface area contributed by atoms with Crippen molar-refractivity contribution < 1.29 is 9.90 Å². The van der Waals surface area contributed by atoms with Crippen molar-refractivity contribution in [2.75, 3.05) is 6.54 Å². The van der Waals surface area contributed by atoms with Gasteiger partial charge in [-0.25, -0.2) is 0 Å². The molecular formula is C18H23NO2S. The molecule has 0 saturated carbocycles. The van der Waals surface area contributed by atoms with Crippen molar-refractivity contribution in [3.8, 4) is 0 Å². The van der Waals surface area contributed by atoms with E-state index >= 15 is 0 Å². The first-order valence-corrected chi connectivity index (χ1v) is 8.49. The molecule has 1 amide bonds. The molecular weight excluding hydrogens is 294 g/mol. The molecule has 0 bridgehead atoms. The van der Waals surface area contributed by atoms with Crippen LogP contribution < -0.4 is 5.32 Å². The summed E-state index contributed by atoms with van der Waals surface area (Å²) in [5.41, 5.74) is 0.170. The Morgan fingerprint density at radius 2 is 2.00 bits per heavy atom. The standard InChI is InChI=1S/C18H23NO2S/c1-3-14(15-8-5-4-6-9-15)12-17(20)19-13-18(2,21)16-10-7-11-22-16/h4-11,14,21H,3,12-13H2,1-2H3,(H,19,20). The Labute approximate surface area is 136 Å². The van der Waals surface area contributed by atoms with E-state index < -0.39 is 5.60 Å². The predicted molar refractivity (Wildman–Crippen MR) is 91.0 cm³/mol. The first-order chi connectivity index (χ1) is 10.5. The number of rotatable bonds is 7. The number of carbonyl (C=O) groups is 1. The molecule has 1 aromatic heterocycles. The number of aliphatic hydroxyl groups is 1. The molecule has 2 aromatic rings. The third kappa shape index (κ3) is 4.42. The monoisotopic (exact) mass is 317 g/mol. The molecule has 2 unspecified atom stereocenters. The highest BCUT2D eigenvalue weighted by Gasteiger charge is 2.25. The Kier molecular flexibility index (Phi) is 5.75. The minimum atomic E-state index is -1.02. The fourth-order valence-electron chi connectivity index (χ4n) is 2.46. The average molecular weight is 317 g/mol. The summed E-state index contributed by atoms with van der Waals surface area (Å²) in [5.74, 6) is 0.195. The molecule has 22 heavy (non-hydrogen) atoms. The van der Waals surface area contributed by atoms with E-state index in [0.29, 0.717) is 6.42 Å². The lowest BCUT2D eigenvalue weighted by atomic mass is 9.93. The van der Waals surface area contributed by atoms with Gasteiger partial charge in [-0.2, -0.15) is 0 Å². The van der Waals surface area contributed by atoms with Crippen LogP contribution in [0.2, 0.25) is 0 Å². The number of thiophene rings is 1. The van der Waals surface area contributed by atoms with Crippen molar-refractivity contribution in [2.24, 2.45) is 0 Å². The molecule has 3 nitrogen and oxygen atoms in total. The van der Waals surface area contributed by atoms with E-state index in [1.54, 1.807) is 6.92 Å². The van der Waals surface area contributed by atoms with Crippen LogP contribution in [0.25, 0.3) is 0 Å². The van der Waals surface area contributed by atoms with E-state index in [9.17, 15) is 9.90 Å². The number of hydrogen-bond acceptors (Lipinski definition) is 3. The molecule has 0 aliphatic rings. The zero-order chi connectivity index (χ0) is 16.0. The molecule has 0 fully saturated rings. The second kappa shape index (κ2) is 7.56. The van der Waals surface area contributed by atoms with Gasteiger partial charge in [-0.3, -0.25) is 4.79 Å². The van der Waals surface area contributed by atoms with E-state index in [1.165, 1.54) is 16.9 Å². The van der Waals surface area contributed by atoms with Gasteiger partial charge in [0.1, 0.15) is 5.60 Å². The minimum Gasteiger partial charge on any atom is -0.383 e. The Balaban J connectivity index is 1.90. The molecule has 2 N–H and O–H groups in total. The highest BCUT2D eigenvalue weighted by Crippen LogP contribution is 2.25. The first kappa shape index (κ1) is 16.7. The Hall–Kier alpha value is -1.65. The lowest BCUT2D eigenvalue weighted by Crippen LogP contribution is -2.38. The maximum Gasteiger partial charge on any atom is 0.220 e. The topological polar surface area (TPSA) is 49.3 Å². The lowest BCUT2D eigenvalue weighted by molar-refractivity contribution is -0.122. The van der Waals surface area contributed by atoms with Gasteiger partial charge in [0, 0.05) is 11.3 Å². The second-order valence-corrected chi connectivity index (χ2v) is 6.70. The van der Waals surface area contributed by atoms with Gasteiger partial charge in [-0.05, 0) is 36.3 Å². The van der Waals surface area contributed by atoms with Gasteiger partial charge >= 0.3 is 0 Å². The van der Waals surface area contributed by atoms with E-state index in [-0.39, 0.29) is 18.4 Å². The molecule has 0 saturated heterocycles. The van der Waals surface area contributed by atoms with Crippen LogP contribution in [0.5, 0.6) is 0 Å². The highest BCUT2D eigenvalue weighted by molar-refractivity contribution is 7.10. The van der Waals surface area contributed by atoms with Crippen molar-refractivity contribution in [3.63, 3.8) is 0 Å². The van der Waals surface area contributed by atoms with Crippen molar-refractivity contribution in [1.82, 2.24) is 5.32 Å². The second-order valence-electron chi connectivity index (χ2n) is 5.75. The number of hydrogen-bond donors (Lipinski definition) is 2. The molecule has 0 radical (unpaired) electrons. The molecule has 4 heteroatoms. The van der Waals surface area contributed by atoms with Crippen LogP contribution in [0.3, 0.4) is 0 Å². The third-order valence-corrected chi connectivity index (χ3v) is 5.00. The van der Waals surface area contributed by atoms with Gasteiger partial charge in [0.2, 0.25) is 5.91 Å². The highest BCUT2D eigenvalue weighted by atomic mass is 32.1. The summed E-state index contributed by atoms with van der Waals surface area (Å²) >= 11 is 1.50. The van der Waals surface area contributed by atoms with Crippen LogP contribution in [0.1, 0.15) is 43.0 Å². The Morgan fingerprint density at radius 1 is 1.27 bits per heavy atom. The summed E-state index contributed by atoms with van der Waals surface area (Å²) in [6, 6.07) is 13.9. The predicted octanol–water partition coefficient (Wildman–Crippen LogP) is 3.66. The van der Waals surface area contributed by atoms with Crippen molar-refractivity contribution in [3.05, 3.63) is 58.3 Å². The zero-order valence-corrected chi connectivity index (χ0v) is 13.9. The van der Waals surface area contributed by atoms with Gasteiger partial charge in [0.15, 0.2) is 0 Å².